The largest absolute Gasteiger partial charge is 0.398 e. The minimum atomic E-state index is -3.63. The zero-order valence-corrected chi connectivity index (χ0v) is 12.9. The van der Waals surface area contributed by atoms with Crippen LogP contribution in [0.15, 0.2) is 21.5 Å². The molecular formula is C10H14BrClN2O3S. The van der Waals surface area contributed by atoms with Crippen LogP contribution in [0.5, 0.6) is 0 Å². The van der Waals surface area contributed by atoms with Crippen molar-refractivity contribution in [3.8, 4) is 0 Å². The zero-order valence-electron chi connectivity index (χ0n) is 9.74. The van der Waals surface area contributed by atoms with Crippen LogP contribution < -0.4 is 10.5 Å². The molecule has 0 radical (unpaired) electrons. The van der Waals surface area contributed by atoms with Gasteiger partial charge in [0.05, 0.1) is 9.37 Å². The van der Waals surface area contributed by atoms with Gasteiger partial charge in [0.2, 0.25) is 10.0 Å². The number of rotatable bonds is 6. The fraction of sp³-hybridized carbons (Fsp3) is 0.400. The summed E-state index contributed by atoms with van der Waals surface area (Å²) in [7, 11) is -2.07. The van der Waals surface area contributed by atoms with Crippen molar-refractivity contribution in [1.29, 1.82) is 0 Å². The van der Waals surface area contributed by atoms with Gasteiger partial charge in [-0.3, -0.25) is 0 Å². The van der Waals surface area contributed by atoms with Crippen LogP contribution in [0.3, 0.4) is 0 Å². The average molecular weight is 358 g/mol. The highest BCUT2D eigenvalue weighted by Gasteiger charge is 2.19. The molecule has 0 aliphatic rings. The maximum absolute atomic E-state index is 12.0. The third kappa shape index (κ3) is 4.10. The molecule has 0 aromatic heterocycles. The normalized spacial score (nSPS) is 11.7. The molecule has 1 rings (SSSR count). The Kier molecular flexibility index (Phi) is 5.87. The Morgan fingerprint density at radius 1 is 1.50 bits per heavy atom. The molecule has 102 valence electrons. The lowest BCUT2D eigenvalue weighted by Crippen LogP contribution is -2.26. The van der Waals surface area contributed by atoms with Gasteiger partial charge in [0.15, 0.2) is 0 Å². The number of hydrogen-bond donors (Lipinski definition) is 2. The first-order chi connectivity index (χ1) is 8.38. The molecule has 1 aromatic rings. The number of benzene rings is 1. The molecular weight excluding hydrogens is 344 g/mol. The Hall–Kier alpha value is -0.340. The molecule has 0 amide bonds. The lowest BCUT2D eigenvalue weighted by molar-refractivity contribution is 0.196. The summed E-state index contributed by atoms with van der Waals surface area (Å²) in [6.07, 6.45) is 0.587. The Bertz CT molecular complexity index is 522. The van der Waals surface area contributed by atoms with Crippen LogP contribution in [-0.2, 0) is 14.8 Å². The van der Waals surface area contributed by atoms with E-state index in [1.807, 2.05) is 0 Å². The minimum absolute atomic E-state index is 0.0323. The van der Waals surface area contributed by atoms with Gasteiger partial charge in [0.1, 0.15) is 0 Å². The highest BCUT2D eigenvalue weighted by molar-refractivity contribution is 9.10. The molecule has 0 spiro atoms. The summed E-state index contributed by atoms with van der Waals surface area (Å²) in [5, 5.41) is 0.271. The molecule has 0 atom stereocenters. The molecule has 18 heavy (non-hydrogen) atoms. The van der Waals surface area contributed by atoms with Crippen molar-refractivity contribution < 1.29 is 13.2 Å². The molecule has 0 fully saturated rings. The molecule has 8 heteroatoms. The van der Waals surface area contributed by atoms with Crippen molar-refractivity contribution in [2.75, 3.05) is 26.0 Å². The Labute approximate surface area is 120 Å². The molecule has 3 N–H and O–H groups in total. The second-order valence-electron chi connectivity index (χ2n) is 3.55. The lowest BCUT2D eigenvalue weighted by atomic mass is 10.3. The fourth-order valence-corrected chi connectivity index (χ4v) is 3.64. The minimum Gasteiger partial charge on any atom is -0.398 e. The number of anilines is 1. The van der Waals surface area contributed by atoms with Gasteiger partial charge in [-0.15, -0.1) is 0 Å². The maximum Gasteiger partial charge on any atom is 0.241 e. The van der Waals surface area contributed by atoms with Crippen molar-refractivity contribution in [3.05, 3.63) is 21.6 Å². The van der Waals surface area contributed by atoms with Crippen LogP contribution in [0.1, 0.15) is 6.42 Å². The number of nitrogens with one attached hydrogen (secondary N) is 1. The van der Waals surface area contributed by atoms with Crippen LogP contribution in [0, 0.1) is 0 Å². The van der Waals surface area contributed by atoms with Crippen molar-refractivity contribution >= 4 is 43.2 Å². The van der Waals surface area contributed by atoms with Gasteiger partial charge in [-0.25, -0.2) is 13.1 Å². The van der Waals surface area contributed by atoms with E-state index in [-0.39, 0.29) is 22.2 Å². The summed E-state index contributed by atoms with van der Waals surface area (Å²) in [4.78, 5) is 0.0323. The number of hydrogen-bond acceptors (Lipinski definition) is 4. The quantitative estimate of drug-likeness (QED) is 0.603. The first kappa shape index (κ1) is 15.7. The van der Waals surface area contributed by atoms with E-state index in [9.17, 15) is 8.42 Å². The van der Waals surface area contributed by atoms with Crippen LogP contribution in [0.25, 0.3) is 0 Å². The Morgan fingerprint density at radius 3 is 2.78 bits per heavy atom. The number of methoxy groups -OCH3 is 1. The Morgan fingerprint density at radius 2 is 2.17 bits per heavy atom. The predicted octanol–water partition coefficient (Wildman–Crippen LogP) is 2.00. The number of sulfonamides is 1. The highest BCUT2D eigenvalue weighted by atomic mass is 79.9. The van der Waals surface area contributed by atoms with Crippen LogP contribution in [0.4, 0.5) is 5.69 Å². The van der Waals surface area contributed by atoms with Crippen molar-refractivity contribution in [2.24, 2.45) is 0 Å². The second-order valence-corrected chi connectivity index (χ2v) is 6.52. The van der Waals surface area contributed by atoms with Crippen LogP contribution in [0.2, 0.25) is 5.02 Å². The van der Waals surface area contributed by atoms with Crippen LogP contribution in [-0.4, -0.2) is 28.7 Å². The smallest absolute Gasteiger partial charge is 0.241 e. The number of ether oxygens (including phenoxy) is 1. The number of nitrogen functional groups attached to an aromatic ring is 1. The molecule has 0 aliphatic carbocycles. The van der Waals surface area contributed by atoms with Gasteiger partial charge in [-0.1, -0.05) is 11.6 Å². The van der Waals surface area contributed by atoms with Crippen molar-refractivity contribution in [2.45, 2.75) is 11.3 Å². The Balaban J connectivity index is 2.91. The first-order valence-corrected chi connectivity index (χ1v) is 7.77. The monoisotopic (exact) mass is 356 g/mol. The van der Waals surface area contributed by atoms with Gasteiger partial charge in [-0.2, -0.15) is 0 Å². The molecule has 0 heterocycles. The molecule has 0 unspecified atom stereocenters. The molecule has 0 saturated heterocycles. The van der Waals surface area contributed by atoms with Gasteiger partial charge in [-0.05, 0) is 34.5 Å². The molecule has 0 saturated carbocycles. The molecule has 1 aromatic carbocycles. The summed E-state index contributed by atoms with van der Waals surface area (Å²) in [5.74, 6) is 0. The first-order valence-electron chi connectivity index (χ1n) is 5.11. The van der Waals surface area contributed by atoms with E-state index in [0.717, 1.165) is 0 Å². The summed E-state index contributed by atoms with van der Waals surface area (Å²) in [5.41, 5.74) is 5.93. The van der Waals surface area contributed by atoms with E-state index >= 15 is 0 Å². The van der Waals surface area contributed by atoms with Crippen LogP contribution >= 0.6 is 27.5 Å². The van der Waals surface area contributed by atoms with Crippen molar-refractivity contribution in [3.63, 3.8) is 0 Å². The maximum atomic E-state index is 12.0. The molecule has 0 bridgehead atoms. The van der Waals surface area contributed by atoms with E-state index < -0.39 is 10.0 Å². The molecule has 0 aliphatic heterocycles. The van der Waals surface area contributed by atoms with Gasteiger partial charge >= 0.3 is 0 Å². The predicted molar refractivity (Wildman–Crippen MR) is 75.2 cm³/mol. The van der Waals surface area contributed by atoms with Crippen molar-refractivity contribution in [1.82, 2.24) is 4.72 Å². The summed E-state index contributed by atoms with van der Waals surface area (Å²) >= 11 is 8.94. The van der Waals surface area contributed by atoms with E-state index in [1.165, 1.54) is 12.1 Å². The highest BCUT2D eigenvalue weighted by Crippen LogP contribution is 2.31. The summed E-state index contributed by atoms with van der Waals surface area (Å²) in [6.45, 7) is 0.774. The average Bonchev–Trinajstić information content (AvgIpc) is 2.29. The third-order valence-corrected chi connectivity index (χ3v) is 4.99. The van der Waals surface area contributed by atoms with E-state index in [0.29, 0.717) is 17.5 Å². The van der Waals surface area contributed by atoms with Gasteiger partial charge < -0.3 is 10.5 Å². The summed E-state index contributed by atoms with van der Waals surface area (Å²) in [6, 6.07) is 2.83. The van der Waals surface area contributed by atoms with Gasteiger partial charge in [0.25, 0.3) is 0 Å². The lowest BCUT2D eigenvalue weighted by Gasteiger charge is -2.10. The zero-order chi connectivity index (χ0) is 13.8. The number of nitrogens with two attached hydrogens (primary N) is 1. The summed E-state index contributed by atoms with van der Waals surface area (Å²) < 4.78 is 31.7. The third-order valence-electron chi connectivity index (χ3n) is 2.14. The van der Waals surface area contributed by atoms with E-state index in [1.54, 1.807) is 7.11 Å². The molecule has 5 nitrogen and oxygen atoms in total. The van der Waals surface area contributed by atoms with E-state index in [4.69, 9.17) is 22.1 Å². The van der Waals surface area contributed by atoms with E-state index in [2.05, 4.69) is 20.7 Å². The van der Waals surface area contributed by atoms with Gasteiger partial charge in [0, 0.05) is 31.0 Å². The number of halogens is 2. The second kappa shape index (κ2) is 6.72. The fourth-order valence-electron chi connectivity index (χ4n) is 1.28. The standard InChI is InChI=1S/C10H14BrClN2O3S/c1-17-4-2-3-14-18(15,16)9-6-7(12)5-8(13)10(9)11/h5-6,14H,2-4,13H2,1H3. The SMILES string of the molecule is COCCCNS(=O)(=O)c1cc(Cl)cc(N)c1Br. The topological polar surface area (TPSA) is 81.4 Å².